The predicted molar refractivity (Wildman–Crippen MR) is 75.5 cm³/mol. The van der Waals surface area contributed by atoms with Gasteiger partial charge in [-0.2, -0.15) is 0 Å². The van der Waals surface area contributed by atoms with E-state index in [-0.39, 0.29) is 0 Å². The Morgan fingerprint density at radius 1 is 1.42 bits per heavy atom. The van der Waals surface area contributed by atoms with Gasteiger partial charge < -0.3 is 10.4 Å². The minimum absolute atomic E-state index is 0.299. The minimum Gasteiger partial charge on any atom is -0.478 e. The zero-order valence-corrected chi connectivity index (χ0v) is 11.8. The maximum atomic E-state index is 11.4. The van der Waals surface area contributed by atoms with Gasteiger partial charge in [-0.05, 0) is 36.8 Å². The van der Waals surface area contributed by atoms with Gasteiger partial charge in [0.25, 0.3) is 0 Å². The highest BCUT2D eigenvalue weighted by Gasteiger charge is 2.28. The van der Waals surface area contributed by atoms with Gasteiger partial charge in [-0.1, -0.05) is 26.7 Å². The van der Waals surface area contributed by atoms with E-state index in [4.69, 9.17) is 0 Å². The molecule has 0 saturated heterocycles. The number of nitrogens with one attached hydrogen (secondary N) is 1. The van der Waals surface area contributed by atoms with E-state index in [0.717, 1.165) is 12.0 Å². The fourth-order valence-corrected chi connectivity index (χ4v) is 2.90. The van der Waals surface area contributed by atoms with Crippen molar-refractivity contribution >= 4 is 11.8 Å². The summed E-state index contributed by atoms with van der Waals surface area (Å²) in [6.07, 6.45) is 5.20. The zero-order valence-electron chi connectivity index (χ0n) is 11.8. The van der Waals surface area contributed by atoms with Crippen molar-refractivity contribution in [3.05, 3.63) is 23.4 Å². The Balaban J connectivity index is 2.23. The van der Waals surface area contributed by atoms with Crippen LogP contribution in [0.3, 0.4) is 0 Å². The standard InChI is InChI=1S/C15H22N2O2/c1-9-5-4-6-12(11(9)3)17-14-13(15(18)19)10(2)7-8-16-14/h7-9,11-12H,4-6H2,1-3H3,(H,16,17)(H,18,19). The molecule has 4 nitrogen and oxygen atoms in total. The SMILES string of the molecule is Cc1ccnc(NC2CCCC(C)C2C)c1C(=O)O. The molecule has 1 aromatic heterocycles. The maximum absolute atomic E-state index is 11.4. The van der Waals surface area contributed by atoms with E-state index in [1.165, 1.54) is 12.8 Å². The summed E-state index contributed by atoms with van der Waals surface area (Å²) in [6.45, 7) is 6.31. The van der Waals surface area contributed by atoms with Crippen molar-refractivity contribution in [2.24, 2.45) is 11.8 Å². The van der Waals surface area contributed by atoms with Gasteiger partial charge in [0, 0.05) is 12.2 Å². The van der Waals surface area contributed by atoms with Crippen LogP contribution in [0.25, 0.3) is 0 Å². The number of aryl methyl sites for hydroxylation is 1. The first-order valence-electron chi connectivity index (χ1n) is 6.96. The molecule has 1 fully saturated rings. The van der Waals surface area contributed by atoms with Crippen LogP contribution < -0.4 is 5.32 Å². The Labute approximate surface area is 114 Å². The minimum atomic E-state index is -0.912. The molecule has 1 aromatic rings. The van der Waals surface area contributed by atoms with Gasteiger partial charge in [0.2, 0.25) is 0 Å². The van der Waals surface area contributed by atoms with Gasteiger partial charge in [-0.3, -0.25) is 0 Å². The third-order valence-electron chi connectivity index (χ3n) is 4.40. The molecule has 4 heteroatoms. The maximum Gasteiger partial charge on any atom is 0.339 e. The van der Waals surface area contributed by atoms with Gasteiger partial charge in [-0.25, -0.2) is 9.78 Å². The Hall–Kier alpha value is -1.58. The number of aromatic carboxylic acids is 1. The van der Waals surface area contributed by atoms with Crippen LogP contribution in [0.2, 0.25) is 0 Å². The third-order valence-corrected chi connectivity index (χ3v) is 4.40. The number of pyridine rings is 1. The van der Waals surface area contributed by atoms with Crippen LogP contribution in [0.4, 0.5) is 5.82 Å². The Morgan fingerprint density at radius 3 is 2.84 bits per heavy atom. The molecule has 2 rings (SSSR count). The highest BCUT2D eigenvalue weighted by molar-refractivity contribution is 5.94. The number of hydrogen-bond donors (Lipinski definition) is 2. The van der Waals surface area contributed by atoms with Crippen LogP contribution in [0.5, 0.6) is 0 Å². The first-order valence-corrected chi connectivity index (χ1v) is 6.96. The van der Waals surface area contributed by atoms with E-state index in [2.05, 4.69) is 24.1 Å². The molecule has 0 aliphatic heterocycles. The highest BCUT2D eigenvalue weighted by Crippen LogP contribution is 2.32. The molecular formula is C15H22N2O2. The quantitative estimate of drug-likeness (QED) is 0.877. The molecule has 3 atom stereocenters. The number of carbonyl (C=O) groups is 1. The second-order valence-corrected chi connectivity index (χ2v) is 5.67. The first-order chi connectivity index (χ1) is 9.00. The van der Waals surface area contributed by atoms with Crippen molar-refractivity contribution < 1.29 is 9.90 Å². The molecule has 19 heavy (non-hydrogen) atoms. The number of aromatic nitrogens is 1. The molecule has 1 heterocycles. The predicted octanol–water partition coefficient (Wildman–Crippen LogP) is 3.32. The van der Waals surface area contributed by atoms with Crippen LogP contribution in [-0.2, 0) is 0 Å². The molecule has 3 unspecified atom stereocenters. The summed E-state index contributed by atoms with van der Waals surface area (Å²) in [7, 11) is 0. The van der Waals surface area contributed by atoms with Gasteiger partial charge in [0.15, 0.2) is 0 Å². The monoisotopic (exact) mass is 262 g/mol. The number of carboxylic acid groups (broad SMARTS) is 1. The first kappa shape index (κ1) is 13.8. The summed E-state index contributed by atoms with van der Waals surface area (Å²) < 4.78 is 0. The Bertz CT molecular complexity index is 473. The van der Waals surface area contributed by atoms with E-state index in [0.29, 0.717) is 29.3 Å². The number of rotatable bonds is 3. The smallest absolute Gasteiger partial charge is 0.339 e. The van der Waals surface area contributed by atoms with Crippen molar-refractivity contribution in [2.45, 2.75) is 46.1 Å². The number of anilines is 1. The van der Waals surface area contributed by atoms with E-state index in [1.54, 1.807) is 12.3 Å². The third kappa shape index (κ3) is 2.88. The second-order valence-electron chi connectivity index (χ2n) is 5.67. The second kappa shape index (κ2) is 5.59. The molecule has 0 spiro atoms. The Morgan fingerprint density at radius 2 is 2.16 bits per heavy atom. The lowest BCUT2D eigenvalue weighted by molar-refractivity contribution is 0.0696. The van der Waals surface area contributed by atoms with E-state index in [1.807, 2.05) is 6.92 Å². The summed E-state index contributed by atoms with van der Waals surface area (Å²) in [6, 6.07) is 2.05. The van der Waals surface area contributed by atoms with Crippen LogP contribution in [-0.4, -0.2) is 22.1 Å². The molecular weight excluding hydrogens is 240 g/mol. The van der Waals surface area contributed by atoms with Crippen LogP contribution in [0.1, 0.15) is 49.0 Å². The average molecular weight is 262 g/mol. The van der Waals surface area contributed by atoms with Crippen molar-refractivity contribution in [1.29, 1.82) is 0 Å². The lowest BCUT2D eigenvalue weighted by Crippen LogP contribution is -2.35. The van der Waals surface area contributed by atoms with Crippen LogP contribution >= 0.6 is 0 Å². The number of hydrogen-bond acceptors (Lipinski definition) is 3. The fraction of sp³-hybridized carbons (Fsp3) is 0.600. The normalized spacial score (nSPS) is 27.0. The van der Waals surface area contributed by atoms with Gasteiger partial charge in [0.1, 0.15) is 11.4 Å². The zero-order chi connectivity index (χ0) is 14.0. The molecule has 104 valence electrons. The van der Waals surface area contributed by atoms with Crippen molar-refractivity contribution in [3.63, 3.8) is 0 Å². The van der Waals surface area contributed by atoms with Crippen molar-refractivity contribution in [2.75, 3.05) is 5.32 Å². The van der Waals surface area contributed by atoms with Crippen LogP contribution in [0.15, 0.2) is 12.3 Å². The lowest BCUT2D eigenvalue weighted by atomic mass is 9.78. The summed E-state index contributed by atoms with van der Waals surface area (Å²) >= 11 is 0. The molecule has 1 saturated carbocycles. The van der Waals surface area contributed by atoms with E-state index >= 15 is 0 Å². The van der Waals surface area contributed by atoms with Gasteiger partial charge >= 0.3 is 5.97 Å². The van der Waals surface area contributed by atoms with Gasteiger partial charge in [0.05, 0.1) is 0 Å². The van der Waals surface area contributed by atoms with Gasteiger partial charge in [-0.15, -0.1) is 0 Å². The van der Waals surface area contributed by atoms with Crippen molar-refractivity contribution in [1.82, 2.24) is 4.98 Å². The Kier molecular flexibility index (Phi) is 4.08. The van der Waals surface area contributed by atoms with Crippen LogP contribution in [0, 0.1) is 18.8 Å². The van der Waals surface area contributed by atoms with E-state index < -0.39 is 5.97 Å². The molecule has 0 bridgehead atoms. The fourth-order valence-electron chi connectivity index (χ4n) is 2.90. The average Bonchev–Trinajstić information content (AvgIpc) is 2.34. The van der Waals surface area contributed by atoms with Crippen molar-refractivity contribution in [3.8, 4) is 0 Å². The summed E-state index contributed by atoms with van der Waals surface area (Å²) in [5, 5.41) is 12.7. The number of nitrogens with zero attached hydrogens (tertiary/aromatic N) is 1. The summed E-state index contributed by atoms with van der Waals surface area (Å²) in [5.41, 5.74) is 1.05. The number of carboxylic acids is 1. The molecule has 1 aliphatic carbocycles. The molecule has 0 amide bonds. The van der Waals surface area contributed by atoms with E-state index in [9.17, 15) is 9.90 Å². The molecule has 0 radical (unpaired) electrons. The summed E-state index contributed by atoms with van der Waals surface area (Å²) in [4.78, 5) is 15.6. The molecule has 2 N–H and O–H groups in total. The lowest BCUT2D eigenvalue weighted by Gasteiger charge is -2.35. The molecule has 1 aliphatic rings. The molecule has 0 aromatic carbocycles. The topological polar surface area (TPSA) is 62.2 Å². The summed E-state index contributed by atoms with van der Waals surface area (Å²) in [5.74, 6) is 0.810. The highest BCUT2D eigenvalue weighted by atomic mass is 16.4. The largest absolute Gasteiger partial charge is 0.478 e.